The molecule has 29 heavy (non-hydrogen) atoms. The third kappa shape index (κ3) is 4.25. The Balaban J connectivity index is 1.72. The van der Waals surface area contributed by atoms with Crippen LogP contribution in [0.15, 0.2) is 72.9 Å². The number of rotatable bonds is 4. The molecule has 0 radical (unpaired) electrons. The van der Waals surface area contributed by atoms with Crippen LogP contribution < -0.4 is 10.1 Å². The fourth-order valence-electron chi connectivity index (χ4n) is 2.75. The van der Waals surface area contributed by atoms with Crippen molar-refractivity contribution in [2.45, 2.75) is 6.18 Å². The molecule has 0 saturated carbocycles. The van der Waals surface area contributed by atoms with Crippen LogP contribution in [0.2, 0.25) is 5.02 Å². The minimum absolute atomic E-state index is 0.0163. The summed E-state index contributed by atoms with van der Waals surface area (Å²) < 4.78 is 44.7. The van der Waals surface area contributed by atoms with Crippen LogP contribution >= 0.6 is 11.6 Å². The molecule has 0 atom stereocenters. The standard InChI is InChI=1S/C21H13ClF3N3O/c22-13-6-8-18(29-14-4-2-1-3-5-14)17(12-13)27-16-10-11-26-20-15(16)7-9-19(28-20)21(23,24)25/h1-12H,(H,26,27,28). The number of ether oxygens (including phenoxy) is 1. The molecule has 146 valence electrons. The van der Waals surface area contributed by atoms with Crippen molar-refractivity contribution in [2.24, 2.45) is 0 Å². The average Bonchev–Trinajstić information content (AvgIpc) is 2.70. The molecular formula is C21H13ClF3N3O. The highest BCUT2D eigenvalue weighted by Crippen LogP contribution is 2.36. The number of benzene rings is 2. The number of fused-ring (bicyclic) bond motifs is 1. The second-order valence-corrected chi connectivity index (χ2v) is 6.54. The van der Waals surface area contributed by atoms with Gasteiger partial charge in [-0.2, -0.15) is 13.2 Å². The van der Waals surface area contributed by atoms with Gasteiger partial charge >= 0.3 is 6.18 Å². The number of aromatic nitrogens is 2. The lowest BCUT2D eigenvalue weighted by molar-refractivity contribution is -0.141. The van der Waals surface area contributed by atoms with Gasteiger partial charge in [0.05, 0.1) is 11.4 Å². The molecule has 0 fully saturated rings. The van der Waals surface area contributed by atoms with Gasteiger partial charge in [0.2, 0.25) is 0 Å². The second kappa shape index (κ2) is 7.60. The van der Waals surface area contributed by atoms with E-state index in [1.807, 2.05) is 30.3 Å². The van der Waals surface area contributed by atoms with Crippen LogP contribution in [-0.4, -0.2) is 9.97 Å². The first-order valence-corrected chi connectivity index (χ1v) is 8.90. The van der Waals surface area contributed by atoms with Crippen LogP contribution in [0.3, 0.4) is 0 Å². The van der Waals surface area contributed by atoms with Crippen molar-refractivity contribution < 1.29 is 17.9 Å². The highest BCUT2D eigenvalue weighted by atomic mass is 35.5. The summed E-state index contributed by atoms with van der Waals surface area (Å²) >= 11 is 6.13. The summed E-state index contributed by atoms with van der Waals surface area (Å²) in [6.07, 6.45) is -3.15. The Labute approximate surface area is 168 Å². The molecule has 0 aliphatic heterocycles. The Hall–Kier alpha value is -3.32. The van der Waals surface area contributed by atoms with Gasteiger partial charge < -0.3 is 10.1 Å². The molecule has 4 aromatic rings. The largest absolute Gasteiger partial charge is 0.455 e. The van der Waals surface area contributed by atoms with E-state index in [1.54, 1.807) is 24.3 Å². The zero-order chi connectivity index (χ0) is 20.4. The Morgan fingerprint density at radius 1 is 0.897 bits per heavy atom. The average molecular weight is 416 g/mol. The van der Waals surface area contributed by atoms with Crippen LogP contribution in [0.25, 0.3) is 11.0 Å². The van der Waals surface area contributed by atoms with E-state index in [0.29, 0.717) is 33.3 Å². The van der Waals surface area contributed by atoms with E-state index in [1.165, 1.54) is 12.3 Å². The molecule has 4 rings (SSSR count). The van der Waals surface area contributed by atoms with Gasteiger partial charge in [-0.05, 0) is 48.5 Å². The minimum Gasteiger partial charge on any atom is -0.455 e. The number of halogens is 4. The second-order valence-electron chi connectivity index (χ2n) is 6.10. The molecular weight excluding hydrogens is 403 g/mol. The number of para-hydroxylation sites is 1. The third-order valence-corrected chi connectivity index (χ3v) is 4.31. The first kappa shape index (κ1) is 19.0. The number of pyridine rings is 2. The lowest BCUT2D eigenvalue weighted by atomic mass is 10.2. The lowest BCUT2D eigenvalue weighted by Gasteiger charge is -2.15. The predicted octanol–water partition coefficient (Wildman–Crippen LogP) is 6.84. The maximum atomic E-state index is 12.9. The smallest absolute Gasteiger partial charge is 0.433 e. The summed E-state index contributed by atoms with van der Waals surface area (Å²) in [5.41, 5.74) is 0.0630. The Morgan fingerprint density at radius 3 is 2.45 bits per heavy atom. The Kier molecular flexibility index (Phi) is 4.98. The molecule has 2 aromatic carbocycles. The van der Waals surface area contributed by atoms with Crippen molar-refractivity contribution in [3.8, 4) is 11.5 Å². The molecule has 2 aromatic heterocycles. The van der Waals surface area contributed by atoms with Gasteiger partial charge in [-0.1, -0.05) is 29.8 Å². The molecule has 0 bridgehead atoms. The zero-order valence-corrected chi connectivity index (χ0v) is 15.5. The number of nitrogens with zero attached hydrogens (tertiary/aromatic N) is 2. The van der Waals surface area contributed by atoms with E-state index in [-0.39, 0.29) is 5.65 Å². The van der Waals surface area contributed by atoms with Crippen LogP contribution in [0.5, 0.6) is 11.5 Å². The summed E-state index contributed by atoms with van der Waals surface area (Å²) in [5.74, 6) is 1.14. The SMILES string of the molecule is FC(F)(F)c1ccc2c(Nc3cc(Cl)ccc3Oc3ccccc3)ccnc2n1. The van der Waals surface area contributed by atoms with Gasteiger partial charge in [0.15, 0.2) is 11.4 Å². The van der Waals surface area contributed by atoms with Crippen molar-refractivity contribution >= 4 is 34.0 Å². The van der Waals surface area contributed by atoms with Gasteiger partial charge in [0.1, 0.15) is 11.4 Å². The topological polar surface area (TPSA) is 47.0 Å². The van der Waals surface area contributed by atoms with Crippen molar-refractivity contribution in [1.29, 1.82) is 0 Å². The maximum absolute atomic E-state index is 12.9. The Morgan fingerprint density at radius 2 is 1.69 bits per heavy atom. The minimum atomic E-state index is -4.54. The van der Waals surface area contributed by atoms with Crippen LogP contribution in [0, 0.1) is 0 Å². The van der Waals surface area contributed by atoms with E-state index in [4.69, 9.17) is 16.3 Å². The summed E-state index contributed by atoms with van der Waals surface area (Å²) in [5, 5.41) is 4.08. The number of anilines is 2. The van der Waals surface area contributed by atoms with E-state index in [9.17, 15) is 13.2 Å². The quantitative estimate of drug-likeness (QED) is 0.396. The highest BCUT2D eigenvalue weighted by molar-refractivity contribution is 6.31. The molecule has 2 heterocycles. The number of hydrogen-bond donors (Lipinski definition) is 1. The molecule has 1 N–H and O–H groups in total. The van der Waals surface area contributed by atoms with Crippen LogP contribution in [-0.2, 0) is 6.18 Å². The van der Waals surface area contributed by atoms with E-state index >= 15 is 0 Å². The summed E-state index contributed by atoms with van der Waals surface area (Å²) in [6, 6.07) is 18.2. The number of hydrogen-bond acceptors (Lipinski definition) is 4. The predicted molar refractivity (Wildman–Crippen MR) is 106 cm³/mol. The molecule has 0 unspecified atom stereocenters. The zero-order valence-electron chi connectivity index (χ0n) is 14.7. The monoisotopic (exact) mass is 415 g/mol. The lowest BCUT2D eigenvalue weighted by Crippen LogP contribution is -2.08. The molecule has 0 aliphatic carbocycles. The van der Waals surface area contributed by atoms with Crippen LogP contribution in [0.4, 0.5) is 24.5 Å². The maximum Gasteiger partial charge on any atom is 0.433 e. The molecule has 4 nitrogen and oxygen atoms in total. The molecule has 0 spiro atoms. The summed E-state index contributed by atoms with van der Waals surface area (Å²) in [7, 11) is 0. The van der Waals surface area contributed by atoms with E-state index in [0.717, 1.165) is 6.07 Å². The van der Waals surface area contributed by atoms with Gasteiger partial charge in [0, 0.05) is 16.6 Å². The van der Waals surface area contributed by atoms with Gasteiger partial charge in [0.25, 0.3) is 0 Å². The van der Waals surface area contributed by atoms with Crippen molar-refractivity contribution in [2.75, 3.05) is 5.32 Å². The normalized spacial score (nSPS) is 11.4. The summed E-state index contributed by atoms with van der Waals surface area (Å²) in [6.45, 7) is 0. The van der Waals surface area contributed by atoms with Gasteiger partial charge in [-0.15, -0.1) is 0 Å². The van der Waals surface area contributed by atoms with Crippen molar-refractivity contribution in [3.63, 3.8) is 0 Å². The molecule has 0 amide bonds. The van der Waals surface area contributed by atoms with E-state index in [2.05, 4.69) is 15.3 Å². The fraction of sp³-hybridized carbons (Fsp3) is 0.0476. The molecule has 0 saturated heterocycles. The van der Waals surface area contributed by atoms with Crippen molar-refractivity contribution in [3.05, 3.63) is 83.6 Å². The van der Waals surface area contributed by atoms with E-state index < -0.39 is 11.9 Å². The number of alkyl halides is 3. The van der Waals surface area contributed by atoms with Crippen molar-refractivity contribution in [1.82, 2.24) is 9.97 Å². The first-order chi connectivity index (χ1) is 13.9. The molecule has 0 aliphatic rings. The first-order valence-electron chi connectivity index (χ1n) is 8.52. The highest BCUT2D eigenvalue weighted by Gasteiger charge is 2.32. The fourth-order valence-corrected chi connectivity index (χ4v) is 2.92. The van der Waals surface area contributed by atoms with Crippen LogP contribution in [0.1, 0.15) is 5.69 Å². The third-order valence-electron chi connectivity index (χ3n) is 4.08. The van der Waals surface area contributed by atoms with Gasteiger partial charge in [-0.25, -0.2) is 9.97 Å². The number of nitrogens with one attached hydrogen (secondary N) is 1. The van der Waals surface area contributed by atoms with Gasteiger partial charge in [-0.3, -0.25) is 0 Å². The summed E-state index contributed by atoms with van der Waals surface area (Å²) in [4.78, 5) is 7.58. The Bertz CT molecular complexity index is 1170. The molecule has 8 heteroatoms.